The Morgan fingerprint density at radius 3 is 2.50 bits per heavy atom. The summed E-state index contributed by atoms with van der Waals surface area (Å²) < 4.78 is 24.6. The number of rotatable bonds is 10. The lowest BCUT2D eigenvalue weighted by Crippen LogP contribution is -2.48. The molecule has 0 radical (unpaired) electrons. The summed E-state index contributed by atoms with van der Waals surface area (Å²) in [6, 6.07) is 6.99. The van der Waals surface area contributed by atoms with Crippen molar-refractivity contribution in [1.82, 2.24) is 15.5 Å². The molecule has 1 aromatic rings. The van der Waals surface area contributed by atoms with Crippen LogP contribution in [0.25, 0.3) is 0 Å². The van der Waals surface area contributed by atoms with E-state index < -0.39 is 0 Å². The zero-order valence-electron chi connectivity index (χ0n) is 19.6. The third-order valence-electron chi connectivity index (χ3n) is 6.70. The molecular formula is C24H40FIN4O2. The zero-order valence-corrected chi connectivity index (χ0v) is 21.9. The van der Waals surface area contributed by atoms with Gasteiger partial charge in [0.15, 0.2) is 5.96 Å². The van der Waals surface area contributed by atoms with Crippen molar-refractivity contribution in [3.63, 3.8) is 0 Å². The van der Waals surface area contributed by atoms with Crippen molar-refractivity contribution in [3.05, 3.63) is 35.6 Å². The molecule has 1 heterocycles. The molecule has 1 unspecified atom stereocenters. The molecule has 1 atom stereocenters. The van der Waals surface area contributed by atoms with Gasteiger partial charge in [-0.1, -0.05) is 25.0 Å². The summed E-state index contributed by atoms with van der Waals surface area (Å²) >= 11 is 0. The maximum Gasteiger partial charge on any atom is 0.191 e. The molecule has 1 aromatic carbocycles. The zero-order chi connectivity index (χ0) is 21.9. The van der Waals surface area contributed by atoms with Crippen LogP contribution < -0.4 is 10.6 Å². The van der Waals surface area contributed by atoms with E-state index in [9.17, 15) is 4.39 Å². The molecule has 0 bridgehead atoms. The number of guanidine groups is 1. The third-order valence-corrected chi connectivity index (χ3v) is 6.70. The van der Waals surface area contributed by atoms with Gasteiger partial charge >= 0.3 is 0 Å². The molecule has 2 N–H and O–H groups in total. The van der Waals surface area contributed by atoms with Crippen LogP contribution in [0.15, 0.2) is 29.3 Å². The number of nitrogens with one attached hydrogen (secondary N) is 2. The van der Waals surface area contributed by atoms with E-state index in [0.29, 0.717) is 12.0 Å². The Labute approximate surface area is 209 Å². The van der Waals surface area contributed by atoms with Crippen molar-refractivity contribution in [2.45, 2.75) is 45.1 Å². The van der Waals surface area contributed by atoms with E-state index in [-0.39, 0.29) is 35.8 Å². The molecule has 1 saturated carbocycles. The topological polar surface area (TPSA) is 58.1 Å². The van der Waals surface area contributed by atoms with Crippen LogP contribution >= 0.6 is 24.0 Å². The molecule has 182 valence electrons. The monoisotopic (exact) mass is 562 g/mol. The largest absolute Gasteiger partial charge is 0.382 e. The van der Waals surface area contributed by atoms with Gasteiger partial charge in [-0.15, -0.1) is 24.0 Å². The van der Waals surface area contributed by atoms with Crippen molar-refractivity contribution < 1.29 is 13.9 Å². The van der Waals surface area contributed by atoms with Gasteiger partial charge in [0.2, 0.25) is 0 Å². The highest BCUT2D eigenvalue weighted by molar-refractivity contribution is 14.0. The van der Waals surface area contributed by atoms with Crippen molar-refractivity contribution in [2.75, 3.05) is 59.7 Å². The van der Waals surface area contributed by atoms with Gasteiger partial charge in [0.25, 0.3) is 0 Å². The van der Waals surface area contributed by atoms with Gasteiger partial charge in [-0.2, -0.15) is 0 Å². The first-order valence-corrected chi connectivity index (χ1v) is 11.8. The Bertz CT molecular complexity index is 677. The Morgan fingerprint density at radius 1 is 1.19 bits per heavy atom. The third kappa shape index (κ3) is 8.11. The summed E-state index contributed by atoms with van der Waals surface area (Å²) in [5.41, 5.74) is 1.41. The van der Waals surface area contributed by atoms with Gasteiger partial charge in [0.1, 0.15) is 5.82 Å². The SMILES string of the molecule is CCOCCC1(CNC(=NC)NCC(c2ccc(F)cc2)N2CCOCC2)CCCC1.I. The van der Waals surface area contributed by atoms with Crippen molar-refractivity contribution in [2.24, 2.45) is 10.4 Å². The van der Waals surface area contributed by atoms with Gasteiger partial charge in [0.05, 0.1) is 19.3 Å². The van der Waals surface area contributed by atoms with Crippen LogP contribution in [0, 0.1) is 11.2 Å². The highest BCUT2D eigenvalue weighted by Crippen LogP contribution is 2.40. The fraction of sp³-hybridized carbons (Fsp3) is 0.708. The van der Waals surface area contributed by atoms with Crippen molar-refractivity contribution >= 4 is 29.9 Å². The number of hydrogen-bond donors (Lipinski definition) is 2. The van der Waals surface area contributed by atoms with E-state index in [1.54, 1.807) is 0 Å². The van der Waals surface area contributed by atoms with Crippen LogP contribution in [0.2, 0.25) is 0 Å². The minimum absolute atomic E-state index is 0. The minimum atomic E-state index is -0.205. The van der Waals surface area contributed by atoms with E-state index in [0.717, 1.165) is 64.0 Å². The molecule has 2 fully saturated rings. The van der Waals surface area contributed by atoms with Crippen molar-refractivity contribution in [1.29, 1.82) is 0 Å². The van der Waals surface area contributed by atoms with Crippen LogP contribution in [0.5, 0.6) is 0 Å². The molecule has 3 rings (SSSR count). The van der Waals surface area contributed by atoms with Gasteiger partial charge in [0, 0.05) is 46.4 Å². The predicted molar refractivity (Wildman–Crippen MR) is 138 cm³/mol. The second-order valence-electron chi connectivity index (χ2n) is 8.68. The second-order valence-corrected chi connectivity index (χ2v) is 8.68. The molecule has 0 amide bonds. The van der Waals surface area contributed by atoms with Gasteiger partial charge in [-0.05, 0) is 49.3 Å². The Kier molecular flexibility index (Phi) is 12.2. The molecule has 8 heteroatoms. The number of aliphatic imine (C=N–C) groups is 1. The Hall–Kier alpha value is -0.970. The quantitative estimate of drug-likeness (QED) is 0.196. The van der Waals surface area contributed by atoms with Crippen LogP contribution in [-0.2, 0) is 9.47 Å². The number of hydrogen-bond acceptors (Lipinski definition) is 4. The average molecular weight is 563 g/mol. The first-order chi connectivity index (χ1) is 15.2. The van der Waals surface area contributed by atoms with Gasteiger partial charge < -0.3 is 20.1 Å². The van der Waals surface area contributed by atoms with E-state index in [1.165, 1.54) is 37.8 Å². The normalized spacial score (nSPS) is 19.9. The van der Waals surface area contributed by atoms with Crippen LogP contribution in [0.4, 0.5) is 4.39 Å². The van der Waals surface area contributed by atoms with E-state index >= 15 is 0 Å². The highest BCUT2D eigenvalue weighted by atomic mass is 127. The lowest BCUT2D eigenvalue weighted by molar-refractivity contribution is 0.0169. The number of ether oxygens (including phenoxy) is 2. The Morgan fingerprint density at radius 2 is 1.88 bits per heavy atom. The molecule has 6 nitrogen and oxygen atoms in total. The van der Waals surface area contributed by atoms with Crippen molar-refractivity contribution in [3.8, 4) is 0 Å². The van der Waals surface area contributed by atoms with Crippen LogP contribution in [0.1, 0.15) is 50.6 Å². The summed E-state index contributed by atoms with van der Waals surface area (Å²) in [5, 5.41) is 7.10. The summed E-state index contributed by atoms with van der Waals surface area (Å²) in [6.45, 7) is 8.48. The van der Waals surface area contributed by atoms with Crippen LogP contribution in [-0.4, -0.2) is 70.5 Å². The number of nitrogens with zero attached hydrogens (tertiary/aromatic N) is 2. The highest BCUT2D eigenvalue weighted by Gasteiger charge is 2.33. The summed E-state index contributed by atoms with van der Waals surface area (Å²) in [6.07, 6.45) is 6.18. The number of morpholine rings is 1. The van der Waals surface area contributed by atoms with Gasteiger partial charge in [-0.25, -0.2) is 4.39 Å². The van der Waals surface area contributed by atoms with E-state index in [1.807, 2.05) is 19.2 Å². The fourth-order valence-corrected chi connectivity index (χ4v) is 4.79. The molecule has 0 aromatic heterocycles. The molecule has 1 aliphatic heterocycles. The van der Waals surface area contributed by atoms with E-state index in [4.69, 9.17) is 9.47 Å². The second kappa shape index (κ2) is 14.3. The maximum absolute atomic E-state index is 13.5. The Balaban J connectivity index is 0.00000363. The molecule has 2 aliphatic rings. The minimum Gasteiger partial charge on any atom is -0.382 e. The lowest BCUT2D eigenvalue weighted by atomic mass is 9.83. The molecule has 0 spiro atoms. The lowest BCUT2D eigenvalue weighted by Gasteiger charge is -2.35. The van der Waals surface area contributed by atoms with Crippen LogP contribution in [0.3, 0.4) is 0 Å². The number of halogens is 2. The van der Waals surface area contributed by atoms with Gasteiger partial charge in [-0.3, -0.25) is 9.89 Å². The number of benzene rings is 1. The average Bonchev–Trinajstić information content (AvgIpc) is 3.27. The molecule has 1 aliphatic carbocycles. The van der Waals surface area contributed by atoms with E-state index in [2.05, 4.69) is 27.4 Å². The summed E-state index contributed by atoms with van der Waals surface area (Å²) in [7, 11) is 1.82. The first-order valence-electron chi connectivity index (χ1n) is 11.8. The smallest absolute Gasteiger partial charge is 0.191 e. The predicted octanol–water partition coefficient (Wildman–Crippen LogP) is 3.97. The summed E-state index contributed by atoms with van der Waals surface area (Å²) in [4.78, 5) is 6.86. The maximum atomic E-state index is 13.5. The standard InChI is InChI=1S/C24H39FN4O2.HI/c1-3-30-15-12-24(10-4-5-11-24)19-28-23(26-2)27-18-22(29-13-16-31-17-14-29)20-6-8-21(25)9-7-20;/h6-9,22H,3-5,10-19H2,1-2H3,(H2,26,27,28);1H. The summed E-state index contributed by atoms with van der Waals surface area (Å²) in [5.74, 6) is 0.617. The fourth-order valence-electron chi connectivity index (χ4n) is 4.79. The molecular weight excluding hydrogens is 522 g/mol. The molecule has 1 saturated heterocycles. The molecule has 32 heavy (non-hydrogen) atoms. The first kappa shape index (κ1) is 27.3.